The van der Waals surface area contributed by atoms with Crippen molar-refractivity contribution in [2.45, 2.75) is 119 Å². The van der Waals surface area contributed by atoms with E-state index in [0.717, 1.165) is 30.1 Å². The largest absolute Gasteiger partial charge is 0.512 e. The molecule has 0 unspecified atom stereocenters. The molecular weight excluding hydrogens is 376 g/mol. The minimum absolute atomic E-state index is 0.0164. The van der Waals surface area contributed by atoms with Gasteiger partial charge < -0.3 is 5.11 Å². The summed E-state index contributed by atoms with van der Waals surface area (Å²) in [5.74, 6) is 4.97. The summed E-state index contributed by atoms with van der Waals surface area (Å²) < 4.78 is 0. The van der Waals surface area contributed by atoms with E-state index in [0.29, 0.717) is 33.3 Å². The van der Waals surface area contributed by atoms with Gasteiger partial charge in [0.05, 0.1) is 5.76 Å². The molecule has 0 saturated heterocycles. The third-order valence-electron chi connectivity index (χ3n) is 12.9. The zero-order valence-electron chi connectivity index (χ0n) is 21.7. The minimum atomic E-state index is -0.0164. The lowest BCUT2D eigenvalue weighted by atomic mass is 9.42. The van der Waals surface area contributed by atoms with Crippen molar-refractivity contribution in [2.75, 3.05) is 0 Å². The maximum absolute atomic E-state index is 10.7. The fourth-order valence-corrected chi connectivity index (χ4v) is 10.9. The Bertz CT molecular complexity index is 762. The van der Waals surface area contributed by atoms with Gasteiger partial charge in [-0.25, -0.2) is 0 Å². The Hall–Kier alpha value is -0.460. The van der Waals surface area contributed by atoms with Crippen molar-refractivity contribution >= 4 is 0 Å². The van der Waals surface area contributed by atoms with Crippen molar-refractivity contribution in [3.05, 3.63) is 11.8 Å². The zero-order chi connectivity index (χ0) is 22.4. The van der Waals surface area contributed by atoms with E-state index in [2.05, 4.69) is 54.5 Å². The normalized spacial score (nSPS) is 50.7. The van der Waals surface area contributed by atoms with Crippen LogP contribution in [0.15, 0.2) is 11.8 Å². The summed E-state index contributed by atoms with van der Waals surface area (Å²) in [5, 5.41) is 10.7. The molecule has 5 aliphatic rings. The van der Waals surface area contributed by atoms with Crippen LogP contribution in [-0.4, -0.2) is 5.11 Å². The number of hydrogen-bond acceptors (Lipinski definition) is 1. The molecular formula is C30H50O. The van der Waals surface area contributed by atoms with Crippen molar-refractivity contribution < 1.29 is 5.11 Å². The van der Waals surface area contributed by atoms with Crippen LogP contribution in [0.5, 0.6) is 0 Å². The third-order valence-corrected chi connectivity index (χ3v) is 12.9. The van der Waals surface area contributed by atoms with Crippen LogP contribution in [-0.2, 0) is 0 Å². The van der Waals surface area contributed by atoms with Crippen LogP contribution < -0.4 is 0 Å². The van der Waals surface area contributed by atoms with Crippen molar-refractivity contribution in [2.24, 2.45) is 56.7 Å². The van der Waals surface area contributed by atoms with Gasteiger partial charge in [0.15, 0.2) is 0 Å². The average molecular weight is 427 g/mol. The van der Waals surface area contributed by atoms with Crippen LogP contribution in [0.2, 0.25) is 0 Å². The molecule has 2 spiro atoms. The summed E-state index contributed by atoms with van der Waals surface area (Å²) in [6, 6.07) is 0. The Labute approximate surface area is 192 Å². The van der Waals surface area contributed by atoms with Gasteiger partial charge in [-0.2, -0.15) is 0 Å². The molecule has 8 atom stereocenters. The molecule has 0 bridgehead atoms. The average Bonchev–Trinajstić information content (AvgIpc) is 3.27. The molecule has 0 heterocycles. The van der Waals surface area contributed by atoms with Crippen LogP contribution in [0.25, 0.3) is 0 Å². The number of fused-ring (bicyclic) bond motifs is 2. The van der Waals surface area contributed by atoms with Crippen molar-refractivity contribution in [1.29, 1.82) is 0 Å². The molecule has 5 aliphatic carbocycles. The second-order valence-corrected chi connectivity index (χ2v) is 14.5. The summed E-state index contributed by atoms with van der Waals surface area (Å²) in [5.41, 5.74) is 2.16. The Morgan fingerprint density at radius 1 is 0.871 bits per heavy atom. The summed E-state index contributed by atoms with van der Waals surface area (Å²) in [6.45, 7) is 17.5. The van der Waals surface area contributed by atoms with Crippen molar-refractivity contribution in [3.8, 4) is 0 Å². The first kappa shape index (κ1) is 22.3. The van der Waals surface area contributed by atoms with Crippen LogP contribution in [0.3, 0.4) is 0 Å². The molecule has 1 N–H and O–H groups in total. The molecule has 0 aromatic carbocycles. The van der Waals surface area contributed by atoms with Gasteiger partial charge in [-0.1, -0.05) is 67.7 Å². The molecule has 0 radical (unpaired) electrons. The van der Waals surface area contributed by atoms with E-state index in [1.165, 1.54) is 64.2 Å². The predicted octanol–water partition coefficient (Wildman–Crippen LogP) is 8.94. The SMILES string of the molecule is CC(C)CCC[C@@H](C)[C@@H]1CC[C@@]2(C)[C@@H]3CC[C@H]4C(C)(C)C(O)=CC[C@]45C[C@]35CC[C@@]12C. The predicted molar refractivity (Wildman–Crippen MR) is 131 cm³/mol. The molecule has 4 saturated carbocycles. The molecule has 176 valence electrons. The maximum atomic E-state index is 10.7. The second kappa shape index (κ2) is 6.79. The van der Waals surface area contributed by atoms with E-state index in [9.17, 15) is 5.11 Å². The lowest BCUT2D eigenvalue weighted by Gasteiger charge is -2.62. The smallest absolute Gasteiger partial charge is 0.0942 e. The summed E-state index contributed by atoms with van der Waals surface area (Å²) in [7, 11) is 0. The van der Waals surface area contributed by atoms with Crippen LogP contribution in [0.4, 0.5) is 0 Å². The molecule has 0 aliphatic heterocycles. The van der Waals surface area contributed by atoms with Crippen molar-refractivity contribution in [3.63, 3.8) is 0 Å². The molecule has 4 fully saturated rings. The second-order valence-electron chi connectivity index (χ2n) is 14.5. The van der Waals surface area contributed by atoms with Gasteiger partial charge >= 0.3 is 0 Å². The monoisotopic (exact) mass is 426 g/mol. The van der Waals surface area contributed by atoms with Gasteiger partial charge in [-0.15, -0.1) is 0 Å². The van der Waals surface area contributed by atoms with Gasteiger partial charge in [0.25, 0.3) is 0 Å². The Kier molecular flexibility index (Phi) is 4.89. The lowest BCUT2D eigenvalue weighted by molar-refractivity contribution is -0.135. The number of allylic oxidation sites excluding steroid dienone is 2. The first-order chi connectivity index (χ1) is 14.4. The lowest BCUT2D eigenvalue weighted by Crippen LogP contribution is -2.56. The van der Waals surface area contributed by atoms with Gasteiger partial charge in [0.2, 0.25) is 0 Å². The highest BCUT2D eigenvalue weighted by Crippen LogP contribution is 2.88. The number of aliphatic hydroxyl groups is 1. The zero-order valence-corrected chi connectivity index (χ0v) is 21.7. The van der Waals surface area contributed by atoms with Gasteiger partial charge in [-0.05, 0) is 109 Å². The van der Waals surface area contributed by atoms with Gasteiger partial charge in [0.1, 0.15) is 0 Å². The third kappa shape index (κ3) is 2.67. The highest BCUT2D eigenvalue weighted by atomic mass is 16.3. The maximum Gasteiger partial charge on any atom is 0.0942 e. The molecule has 0 aromatic rings. The Morgan fingerprint density at radius 3 is 2.29 bits per heavy atom. The van der Waals surface area contributed by atoms with E-state index in [1.807, 2.05) is 0 Å². The van der Waals surface area contributed by atoms with E-state index < -0.39 is 0 Å². The van der Waals surface area contributed by atoms with Crippen LogP contribution in [0.1, 0.15) is 119 Å². The van der Waals surface area contributed by atoms with Crippen LogP contribution in [0, 0.1) is 56.7 Å². The standard InChI is InChI=1S/C30H50O/c1-20(2)9-8-10-21(3)22-13-15-28(7)24-12-11-23-26(4,5)25(31)14-16-29(23)19-30(24,29)18-17-27(22,28)6/h14,20-24,31H,8-13,15-19H2,1-7H3/t21-,22+,23+,24+,27+,28+,29+,30-/m1/s1. The molecule has 31 heavy (non-hydrogen) atoms. The topological polar surface area (TPSA) is 20.2 Å². The highest BCUT2D eigenvalue weighted by Gasteiger charge is 2.81. The summed E-state index contributed by atoms with van der Waals surface area (Å²) in [6.07, 6.45) is 17.8. The van der Waals surface area contributed by atoms with Gasteiger partial charge in [-0.3, -0.25) is 0 Å². The van der Waals surface area contributed by atoms with Crippen LogP contribution >= 0.6 is 0 Å². The molecule has 5 rings (SSSR count). The Balaban J connectivity index is 1.40. The molecule has 1 heteroatoms. The Morgan fingerprint density at radius 2 is 1.58 bits per heavy atom. The fraction of sp³-hybridized carbons (Fsp3) is 0.933. The summed E-state index contributed by atoms with van der Waals surface area (Å²) in [4.78, 5) is 0. The number of rotatable bonds is 5. The molecule has 1 nitrogen and oxygen atoms in total. The number of aliphatic hydroxyl groups excluding tert-OH is 1. The highest BCUT2D eigenvalue weighted by molar-refractivity contribution is 5.34. The van der Waals surface area contributed by atoms with E-state index in [-0.39, 0.29) is 5.41 Å². The quantitative estimate of drug-likeness (QED) is 0.465. The van der Waals surface area contributed by atoms with E-state index in [4.69, 9.17) is 0 Å². The minimum Gasteiger partial charge on any atom is -0.512 e. The molecule has 0 amide bonds. The molecule has 0 aromatic heterocycles. The van der Waals surface area contributed by atoms with E-state index >= 15 is 0 Å². The first-order valence-corrected chi connectivity index (χ1v) is 13.8. The van der Waals surface area contributed by atoms with Gasteiger partial charge in [0, 0.05) is 5.41 Å². The first-order valence-electron chi connectivity index (χ1n) is 13.8. The number of hydrogen-bond donors (Lipinski definition) is 1. The van der Waals surface area contributed by atoms with E-state index in [1.54, 1.807) is 0 Å². The van der Waals surface area contributed by atoms with Crippen molar-refractivity contribution in [1.82, 2.24) is 0 Å². The summed E-state index contributed by atoms with van der Waals surface area (Å²) >= 11 is 0. The fourth-order valence-electron chi connectivity index (χ4n) is 10.9.